The molecular weight excluding hydrogens is 314 g/mol. The van der Waals surface area contributed by atoms with Crippen molar-refractivity contribution in [1.29, 1.82) is 5.26 Å². The van der Waals surface area contributed by atoms with Crippen molar-refractivity contribution in [1.82, 2.24) is 24.7 Å². The van der Waals surface area contributed by atoms with E-state index in [1.54, 1.807) is 13.8 Å². The Hall–Kier alpha value is -3.48. The standard InChI is InChI=1S/C14H13N7O3/c1-3-23-14(22)10-7(2)24-13-11(10)12(16)18-9(19-13)5-21-6-17-8(4-15)20-21/h6H,3,5H2,1-2H3,(H2,16,18,19). The zero-order valence-electron chi connectivity index (χ0n) is 13.0. The lowest BCUT2D eigenvalue weighted by atomic mass is 10.2. The van der Waals surface area contributed by atoms with Gasteiger partial charge in [0.25, 0.3) is 5.82 Å². The Morgan fingerprint density at radius 1 is 1.50 bits per heavy atom. The molecule has 122 valence electrons. The van der Waals surface area contributed by atoms with E-state index < -0.39 is 5.97 Å². The molecule has 0 fully saturated rings. The third-order valence-corrected chi connectivity index (χ3v) is 3.22. The summed E-state index contributed by atoms with van der Waals surface area (Å²) in [5.74, 6) is 0.289. The zero-order valence-corrected chi connectivity index (χ0v) is 13.0. The van der Waals surface area contributed by atoms with Crippen molar-refractivity contribution in [2.24, 2.45) is 0 Å². The van der Waals surface area contributed by atoms with Crippen LogP contribution < -0.4 is 5.73 Å². The highest BCUT2D eigenvalue weighted by molar-refractivity contribution is 6.07. The van der Waals surface area contributed by atoms with E-state index in [9.17, 15) is 4.79 Å². The van der Waals surface area contributed by atoms with Crippen LogP contribution in [0.5, 0.6) is 0 Å². The molecule has 24 heavy (non-hydrogen) atoms. The average molecular weight is 327 g/mol. The molecule has 0 amide bonds. The number of aromatic nitrogens is 5. The van der Waals surface area contributed by atoms with Gasteiger partial charge in [0.1, 0.15) is 36.1 Å². The summed E-state index contributed by atoms with van der Waals surface area (Å²) < 4.78 is 11.9. The first-order chi connectivity index (χ1) is 11.5. The van der Waals surface area contributed by atoms with Gasteiger partial charge in [-0.1, -0.05) is 0 Å². The van der Waals surface area contributed by atoms with Crippen molar-refractivity contribution >= 4 is 22.9 Å². The predicted octanol–water partition coefficient (Wildman–Crippen LogP) is 0.802. The minimum Gasteiger partial charge on any atom is -0.462 e. The Kier molecular flexibility index (Phi) is 3.83. The molecule has 0 aliphatic carbocycles. The molecular formula is C14H13N7O3. The predicted molar refractivity (Wildman–Crippen MR) is 80.7 cm³/mol. The fourth-order valence-corrected chi connectivity index (χ4v) is 2.27. The van der Waals surface area contributed by atoms with E-state index in [0.29, 0.717) is 17.0 Å². The van der Waals surface area contributed by atoms with Gasteiger partial charge in [-0.15, -0.1) is 5.10 Å². The van der Waals surface area contributed by atoms with Gasteiger partial charge in [0, 0.05) is 0 Å². The highest BCUT2D eigenvalue weighted by atomic mass is 16.5. The van der Waals surface area contributed by atoms with Gasteiger partial charge in [0.05, 0.1) is 12.0 Å². The van der Waals surface area contributed by atoms with Gasteiger partial charge < -0.3 is 14.9 Å². The SMILES string of the molecule is CCOC(=O)c1c(C)oc2nc(Cn3cnc(C#N)n3)nc(N)c12. The molecule has 0 atom stereocenters. The Labute approximate surface area is 135 Å². The minimum absolute atomic E-state index is 0.0440. The molecule has 0 radical (unpaired) electrons. The van der Waals surface area contributed by atoms with Crippen LogP contribution in [-0.2, 0) is 11.3 Å². The minimum atomic E-state index is -0.535. The Morgan fingerprint density at radius 2 is 2.29 bits per heavy atom. The monoisotopic (exact) mass is 327 g/mol. The van der Waals surface area contributed by atoms with Crippen LogP contribution in [0, 0.1) is 18.3 Å². The molecule has 0 spiro atoms. The van der Waals surface area contributed by atoms with Gasteiger partial charge >= 0.3 is 5.97 Å². The van der Waals surface area contributed by atoms with Crippen molar-refractivity contribution in [2.45, 2.75) is 20.4 Å². The lowest BCUT2D eigenvalue weighted by molar-refractivity contribution is 0.0526. The number of rotatable bonds is 4. The van der Waals surface area contributed by atoms with E-state index in [1.165, 1.54) is 11.0 Å². The number of fused-ring (bicyclic) bond motifs is 1. The number of nitrogens with zero attached hydrogens (tertiary/aromatic N) is 6. The van der Waals surface area contributed by atoms with Crippen LogP contribution in [0.2, 0.25) is 0 Å². The molecule has 3 aromatic heterocycles. The normalized spacial score (nSPS) is 10.7. The smallest absolute Gasteiger partial charge is 0.342 e. The number of hydrogen-bond acceptors (Lipinski definition) is 9. The fourth-order valence-electron chi connectivity index (χ4n) is 2.27. The quantitative estimate of drug-likeness (QED) is 0.687. The largest absolute Gasteiger partial charge is 0.462 e. The second-order valence-electron chi connectivity index (χ2n) is 4.84. The van der Waals surface area contributed by atoms with Gasteiger partial charge in [-0.2, -0.15) is 10.2 Å². The summed E-state index contributed by atoms with van der Waals surface area (Å²) in [7, 11) is 0. The number of esters is 1. The van der Waals surface area contributed by atoms with Gasteiger partial charge in [-0.3, -0.25) is 0 Å². The van der Waals surface area contributed by atoms with Crippen molar-refractivity contribution in [3.8, 4) is 6.07 Å². The second-order valence-corrected chi connectivity index (χ2v) is 4.84. The number of hydrogen-bond donors (Lipinski definition) is 1. The maximum absolute atomic E-state index is 12.1. The molecule has 10 heteroatoms. The van der Waals surface area contributed by atoms with Crippen molar-refractivity contribution in [3.05, 3.63) is 29.3 Å². The molecule has 0 aromatic carbocycles. The Morgan fingerprint density at radius 3 is 2.96 bits per heavy atom. The Balaban J connectivity index is 2.02. The highest BCUT2D eigenvalue weighted by Gasteiger charge is 2.23. The van der Waals surface area contributed by atoms with Crippen molar-refractivity contribution < 1.29 is 13.9 Å². The number of furan rings is 1. The van der Waals surface area contributed by atoms with E-state index >= 15 is 0 Å². The number of anilines is 1. The number of nitrogen functional groups attached to an aromatic ring is 1. The summed E-state index contributed by atoms with van der Waals surface area (Å²) in [5, 5.41) is 13.0. The third kappa shape index (κ3) is 2.63. The van der Waals surface area contributed by atoms with E-state index in [-0.39, 0.29) is 36.1 Å². The maximum Gasteiger partial charge on any atom is 0.342 e. The van der Waals surface area contributed by atoms with E-state index in [2.05, 4.69) is 20.1 Å². The van der Waals surface area contributed by atoms with Crippen molar-refractivity contribution in [3.63, 3.8) is 0 Å². The molecule has 2 N–H and O–H groups in total. The molecule has 0 saturated carbocycles. The van der Waals surface area contributed by atoms with Crippen LogP contribution in [0.1, 0.15) is 34.7 Å². The number of carbonyl (C=O) groups is 1. The molecule has 0 saturated heterocycles. The summed E-state index contributed by atoms with van der Waals surface area (Å²) in [6.45, 7) is 3.73. The lowest BCUT2D eigenvalue weighted by Gasteiger charge is -2.03. The van der Waals surface area contributed by atoms with Gasteiger partial charge in [-0.25, -0.2) is 19.4 Å². The number of nitrogens with two attached hydrogens (primary N) is 1. The highest BCUT2D eigenvalue weighted by Crippen LogP contribution is 2.28. The zero-order chi connectivity index (χ0) is 17.3. The van der Waals surface area contributed by atoms with Crippen LogP contribution >= 0.6 is 0 Å². The van der Waals surface area contributed by atoms with Gasteiger partial charge in [-0.05, 0) is 13.8 Å². The third-order valence-electron chi connectivity index (χ3n) is 3.22. The van der Waals surface area contributed by atoms with Crippen LogP contribution in [0.25, 0.3) is 11.1 Å². The molecule has 3 heterocycles. The topological polar surface area (TPSA) is 146 Å². The first-order valence-electron chi connectivity index (χ1n) is 7.05. The van der Waals surface area contributed by atoms with E-state index in [1.807, 2.05) is 6.07 Å². The fraction of sp³-hybridized carbons (Fsp3) is 0.286. The van der Waals surface area contributed by atoms with Gasteiger partial charge in [0.15, 0.2) is 5.82 Å². The average Bonchev–Trinajstić information content (AvgIpc) is 3.11. The number of ether oxygens (including phenoxy) is 1. The first-order valence-corrected chi connectivity index (χ1v) is 7.05. The molecule has 3 aromatic rings. The van der Waals surface area contributed by atoms with Crippen LogP contribution in [0.15, 0.2) is 10.7 Å². The Bertz CT molecular complexity index is 967. The maximum atomic E-state index is 12.1. The molecule has 3 rings (SSSR count). The van der Waals surface area contributed by atoms with E-state index in [0.717, 1.165) is 0 Å². The number of aryl methyl sites for hydroxylation is 1. The first kappa shape index (κ1) is 15.4. The summed E-state index contributed by atoms with van der Waals surface area (Å²) in [6, 6.07) is 1.83. The molecule has 0 unspecified atom stereocenters. The summed E-state index contributed by atoms with van der Waals surface area (Å²) in [6.07, 6.45) is 1.39. The van der Waals surface area contributed by atoms with E-state index in [4.69, 9.17) is 20.1 Å². The number of carbonyl (C=O) groups excluding carboxylic acids is 1. The molecule has 0 bridgehead atoms. The summed E-state index contributed by atoms with van der Waals surface area (Å²) in [5.41, 5.74) is 6.39. The van der Waals surface area contributed by atoms with Crippen LogP contribution in [0.3, 0.4) is 0 Å². The summed E-state index contributed by atoms with van der Waals surface area (Å²) >= 11 is 0. The molecule has 0 aliphatic heterocycles. The van der Waals surface area contributed by atoms with Crippen LogP contribution in [-0.4, -0.2) is 37.3 Å². The summed E-state index contributed by atoms with van der Waals surface area (Å²) in [4.78, 5) is 24.3. The van der Waals surface area contributed by atoms with Crippen LogP contribution in [0.4, 0.5) is 5.82 Å². The molecule has 0 aliphatic rings. The number of nitriles is 1. The lowest BCUT2D eigenvalue weighted by Crippen LogP contribution is -2.09. The van der Waals surface area contributed by atoms with Crippen molar-refractivity contribution in [2.75, 3.05) is 12.3 Å². The second kappa shape index (κ2) is 5.96. The molecule has 10 nitrogen and oxygen atoms in total. The van der Waals surface area contributed by atoms with Gasteiger partial charge in [0.2, 0.25) is 5.71 Å².